The first kappa shape index (κ1) is 20.0. The molecule has 2 aliphatic rings. The first-order valence-electron chi connectivity index (χ1n) is 9.15. The van der Waals surface area contributed by atoms with Gasteiger partial charge in [-0.25, -0.2) is 0 Å². The Bertz CT molecular complexity index is 578. The number of nitrogens with one attached hydrogen (secondary N) is 2. The predicted molar refractivity (Wildman–Crippen MR) is 113 cm³/mol. The number of hydrogen-bond acceptors (Lipinski definition) is 2. The van der Waals surface area contributed by atoms with E-state index in [9.17, 15) is 4.79 Å². The Morgan fingerprint density at radius 1 is 1.32 bits per heavy atom. The molecule has 25 heavy (non-hydrogen) atoms. The summed E-state index contributed by atoms with van der Waals surface area (Å²) in [6.45, 7) is 5.45. The van der Waals surface area contributed by atoms with E-state index in [-0.39, 0.29) is 24.0 Å². The normalized spacial score (nSPS) is 22.5. The van der Waals surface area contributed by atoms with Crippen LogP contribution in [0.5, 0.6) is 0 Å². The van der Waals surface area contributed by atoms with E-state index in [1.807, 2.05) is 4.90 Å². The summed E-state index contributed by atoms with van der Waals surface area (Å²) >= 11 is 0. The van der Waals surface area contributed by atoms with E-state index in [1.54, 1.807) is 0 Å². The molecular formula is C19H29IN4O. The molecule has 1 amide bonds. The van der Waals surface area contributed by atoms with E-state index >= 15 is 0 Å². The van der Waals surface area contributed by atoms with E-state index < -0.39 is 0 Å². The standard InChI is InChI=1S/C19H28N4O.HI/c1-2-20-19(21-11-7-13-23-12-6-10-18(23)24)22-17-14-16(17)15-8-4-3-5-9-15;/h3-5,8-9,16-17H,2,6-7,10-14H2,1H3,(H2,20,21,22);1H. The number of nitrogens with zero attached hydrogens (tertiary/aromatic N) is 2. The van der Waals surface area contributed by atoms with Gasteiger partial charge >= 0.3 is 0 Å². The molecule has 0 bridgehead atoms. The van der Waals surface area contributed by atoms with Crippen LogP contribution in [-0.4, -0.2) is 49.0 Å². The van der Waals surface area contributed by atoms with Crippen LogP contribution in [0.15, 0.2) is 35.3 Å². The molecule has 1 saturated heterocycles. The zero-order chi connectivity index (χ0) is 16.8. The van der Waals surface area contributed by atoms with E-state index in [0.717, 1.165) is 57.8 Å². The molecule has 2 unspecified atom stereocenters. The lowest BCUT2D eigenvalue weighted by molar-refractivity contribution is -0.127. The number of carbonyl (C=O) groups is 1. The zero-order valence-electron chi connectivity index (χ0n) is 14.9. The van der Waals surface area contributed by atoms with Gasteiger partial charge in [-0.15, -0.1) is 24.0 Å². The first-order valence-corrected chi connectivity index (χ1v) is 9.15. The molecule has 0 aromatic heterocycles. The van der Waals surface area contributed by atoms with Crippen LogP contribution in [-0.2, 0) is 4.79 Å². The van der Waals surface area contributed by atoms with Crippen molar-refractivity contribution in [3.05, 3.63) is 35.9 Å². The van der Waals surface area contributed by atoms with Crippen molar-refractivity contribution in [3.63, 3.8) is 0 Å². The fourth-order valence-corrected chi connectivity index (χ4v) is 3.31. The number of guanidine groups is 1. The van der Waals surface area contributed by atoms with Gasteiger partial charge in [0, 0.05) is 44.6 Å². The number of hydrogen-bond donors (Lipinski definition) is 2. The molecule has 2 N–H and O–H groups in total. The fraction of sp³-hybridized carbons (Fsp3) is 0.579. The summed E-state index contributed by atoms with van der Waals surface area (Å²) in [6, 6.07) is 11.1. The minimum absolute atomic E-state index is 0. The maximum absolute atomic E-state index is 11.6. The summed E-state index contributed by atoms with van der Waals surface area (Å²) in [7, 11) is 0. The number of halogens is 1. The lowest BCUT2D eigenvalue weighted by Gasteiger charge is -2.15. The largest absolute Gasteiger partial charge is 0.357 e. The minimum atomic E-state index is 0. The predicted octanol–water partition coefficient (Wildman–Crippen LogP) is 2.73. The van der Waals surface area contributed by atoms with Crippen LogP contribution in [0, 0.1) is 0 Å². The molecule has 6 heteroatoms. The highest BCUT2D eigenvalue weighted by Crippen LogP contribution is 2.40. The van der Waals surface area contributed by atoms with Gasteiger partial charge < -0.3 is 15.5 Å². The second-order valence-corrected chi connectivity index (χ2v) is 6.60. The molecule has 1 aromatic carbocycles. The topological polar surface area (TPSA) is 56.7 Å². The van der Waals surface area contributed by atoms with Gasteiger partial charge in [0.05, 0.1) is 0 Å². The van der Waals surface area contributed by atoms with Crippen LogP contribution in [0.4, 0.5) is 0 Å². The molecule has 5 nitrogen and oxygen atoms in total. The average Bonchev–Trinajstić information content (AvgIpc) is 3.25. The Morgan fingerprint density at radius 3 is 2.80 bits per heavy atom. The van der Waals surface area contributed by atoms with Crippen LogP contribution in [0.2, 0.25) is 0 Å². The summed E-state index contributed by atoms with van der Waals surface area (Å²) in [5.41, 5.74) is 1.40. The fourth-order valence-electron chi connectivity index (χ4n) is 3.31. The summed E-state index contributed by atoms with van der Waals surface area (Å²) < 4.78 is 0. The van der Waals surface area contributed by atoms with E-state index in [0.29, 0.717) is 17.9 Å². The molecule has 3 rings (SSSR count). The number of rotatable bonds is 7. The lowest BCUT2D eigenvalue weighted by Crippen LogP contribution is -2.39. The monoisotopic (exact) mass is 456 g/mol. The Morgan fingerprint density at radius 2 is 2.12 bits per heavy atom. The number of aliphatic imine (C=N–C) groups is 1. The highest BCUT2D eigenvalue weighted by molar-refractivity contribution is 14.0. The molecule has 1 saturated carbocycles. The van der Waals surface area contributed by atoms with Crippen molar-refractivity contribution in [1.82, 2.24) is 15.5 Å². The molecule has 1 aliphatic heterocycles. The van der Waals surface area contributed by atoms with Crippen molar-refractivity contribution in [2.75, 3.05) is 26.2 Å². The molecule has 1 aromatic rings. The third-order valence-electron chi connectivity index (χ3n) is 4.71. The first-order chi connectivity index (χ1) is 11.8. The molecule has 0 radical (unpaired) electrons. The Balaban J connectivity index is 0.00000225. The molecule has 0 spiro atoms. The molecule has 1 aliphatic carbocycles. The number of carbonyl (C=O) groups excluding carboxylic acids is 1. The summed E-state index contributed by atoms with van der Waals surface area (Å²) in [5.74, 6) is 1.79. The summed E-state index contributed by atoms with van der Waals surface area (Å²) in [5, 5.41) is 6.86. The molecular weight excluding hydrogens is 427 g/mol. The van der Waals surface area contributed by atoms with Crippen molar-refractivity contribution < 1.29 is 4.79 Å². The third-order valence-corrected chi connectivity index (χ3v) is 4.71. The molecule has 2 fully saturated rings. The Labute approximate surface area is 167 Å². The van der Waals surface area contributed by atoms with Crippen molar-refractivity contribution in [2.24, 2.45) is 4.99 Å². The highest BCUT2D eigenvalue weighted by Gasteiger charge is 2.38. The second kappa shape index (κ2) is 9.99. The van der Waals surface area contributed by atoms with Gasteiger partial charge in [0.2, 0.25) is 5.91 Å². The van der Waals surface area contributed by atoms with E-state index in [1.165, 1.54) is 5.56 Å². The number of amides is 1. The lowest BCUT2D eigenvalue weighted by atomic mass is 10.1. The van der Waals surface area contributed by atoms with Gasteiger partial charge in [-0.3, -0.25) is 9.79 Å². The maximum atomic E-state index is 11.6. The third kappa shape index (κ3) is 5.87. The molecule has 2 atom stereocenters. The molecule has 1 heterocycles. The van der Waals surface area contributed by atoms with Crippen LogP contribution in [0.25, 0.3) is 0 Å². The van der Waals surface area contributed by atoms with Crippen molar-refractivity contribution >= 4 is 35.8 Å². The van der Waals surface area contributed by atoms with Crippen molar-refractivity contribution in [3.8, 4) is 0 Å². The van der Waals surface area contributed by atoms with E-state index in [2.05, 4.69) is 52.9 Å². The Kier molecular flexibility index (Phi) is 7.99. The number of benzene rings is 1. The van der Waals surface area contributed by atoms with Crippen LogP contribution < -0.4 is 10.6 Å². The van der Waals surface area contributed by atoms with Crippen molar-refractivity contribution in [1.29, 1.82) is 0 Å². The van der Waals surface area contributed by atoms with Crippen LogP contribution in [0.3, 0.4) is 0 Å². The van der Waals surface area contributed by atoms with Gasteiger partial charge in [0.25, 0.3) is 0 Å². The van der Waals surface area contributed by atoms with Gasteiger partial charge in [0.1, 0.15) is 0 Å². The minimum Gasteiger partial charge on any atom is -0.357 e. The SMILES string of the molecule is CCNC(=NCCCN1CCCC1=O)NC1CC1c1ccccc1.I. The van der Waals surface area contributed by atoms with Gasteiger partial charge in [-0.1, -0.05) is 30.3 Å². The van der Waals surface area contributed by atoms with Crippen LogP contribution in [0.1, 0.15) is 44.1 Å². The smallest absolute Gasteiger partial charge is 0.222 e. The zero-order valence-corrected chi connectivity index (χ0v) is 17.2. The second-order valence-electron chi connectivity index (χ2n) is 6.60. The van der Waals surface area contributed by atoms with Crippen molar-refractivity contribution in [2.45, 2.75) is 44.6 Å². The highest BCUT2D eigenvalue weighted by atomic mass is 127. The van der Waals surface area contributed by atoms with E-state index in [4.69, 9.17) is 0 Å². The van der Waals surface area contributed by atoms with Crippen LogP contribution >= 0.6 is 24.0 Å². The van der Waals surface area contributed by atoms with Gasteiger partial charge in [-0.2, -0.15) is 0 Å². The van der Waals surface area contributed by atoms with Gasteiger partial charge in [-0.05, 0) is 31.7 Å². The average molecular weight is 456 g/mol. The maximum Gasteiger partial charge on any atom is 0.222 e. The number of likely N-dealkylation sites (tertiary alicyclic amines) is 1. The summed E-state index contributed by atoms with van der Waals surface area (Å²) in [6.07, 6.45) is 3.82. The van der Waals surface area contributed by atoms with Gasteiger partial charge in [0.15, 0.2) is 5.96 Å². The summed E-state index contributed by atoms with van der Waals surface area (Å²) in [4.78, 5) is 18.2. The molecule has 138 valence electrons. The Hall–Kier alpha value is -1.31. The quantitative estimate of drug-likeness (QED) is 0.287.